The second-order valence-electron chi connectivity index (χ2n) is 6.01. The number of nitrogens with zero attached hydrogens (tertiary/aromatic N) is 1. The van der Waals surface area contributed by atoms with Crippen molar-refractivity contribution in [3.05, 3.63) is 35.4 Å². The van der Waals surface area contributed by atoms with Crippen molar-refractivity contribution in [2.75, 3.05) is 0 Å². The van der Waals surface area contributed by atoms with E-state index in [-0.39, 0.29) is 6.42 Å². The number of carbonyl (C=O) groups excluding carboxylic acids is 1. The smallest absolute Gasteiger partial charge is 0.315 e. The molecule has 0 aliphatic carbocycles. The first-order valence-corrected chi connectivity index (χ1v) is 6.84. The lowest BCUT2D eigenvalue weighted by Crippen LogP contribution is -2.39. The van der Waals surface area contributed by atoms with Gasteiger partial charge in [0.1, 0.15) is 5.60 Å². The lowest BCUT2D eigenvalue weighted by Gasteiger charge is -2.27. The number of hydrogen-bond donors (Lipinski definition) is 2. The Morgan fingerprint density at radius 1 is 1.32 bits per heavy atom. The van der Waals surface area contributed by atoms with Gasteiger partial charge in [-0.25, -0.2) is 0 Å². The predicted octanol–water partition coefficient (Wildman–Crippen LogP) is 1.79. The fourth-order valence-electron chi connectivity index (χ4n) is 2.01. The minimum Gasteiger partial charge on any atom is -0.481 e. The van der Waals surface area contributed by atoms with E-state index in [9.17, 15) is 9.59 Å². The second-order valence-corrected chi connectivity index (χ2v) is 6.01. The third-order valence-electron chi connectivity index (χ3n) is 2.90. The zero-order chi connectivity index (χ0) is 16.9. The number of carbonyl (C=O) groups is 2. The lowest BCUT2D eigenvalue weighted by molar-refractivity contribution is -0.157. The van der Waals surface area contributed by atoms with E-state index in [4.69, 9.17) is 20.8 Å². The Morgan fingerprint density at radius 2 is 1.86 bits per heavy atom. The first-order valence-electron chi connectivity index (χ1n) is 6.84. The summed E-state index contributed by atoms with van der Waals surface area (Å²) in [5, 5.41) is 17.7. The zero-order valence-electron chi connectivity index (χ0n) is 12.9. The summed E-state index contributed by atoms with van der Waals surface area (Å²) < 4.78 is 5.34. The van der Waals surface area contributed by atoms with E-state index in [1.807, 2.05) is 6.07 Å². The van der Waals surface area contributed by atoms with Crippen LogP contribution in [0.5, 0.6) is 0 Å². The Kier molecular flexibility index (Phi) is 5.66. The van der Waals surface area contributed by atoms with Gasteiger partial charge < -0.3 is 15.6 Å². The van der Waals surface area contributed by atoms with E-state index in [1.165, 1.54) is 0 Å². The number of nitriles is 1. The molecule has 0 fully saturated rings. The molecule has 1 aromatic rings. The number of esters is 1. The van der Waals surface area contributed by atoms with E-state index < -0.39 is 29.5 Å². The molecule has 0 saturated carbocycles. The molecular formula is C16H20N2O4. The highest BCUT2D eigenvalue weighted by atomic mass is 16.6. The maximum Gasteiger partial charge on any atom is 0.315 e. The van der Waals surface area contributed by atoms with Gasteiger partial charge in [0, 0.05) is 6.04 Å². The maximum absolute atomic E-state index is 12.4. The van der Waals surface area contributed by atoms with Crippen molar-refractivity contribution in [3.8, 4) is 6.07 Å². The van der Waals surface area contributed by atoms with Crippen LogP contribution in [0, 0.1) is 11.3 Å². The van der Waals surface area contributed by atoms with Crippen molar-refractivity contribution in [1.82, 2.24) is 0 Å². The van der Waals surface area contributed by atoms with Gasteiger partial charge >= 0.3 is 11.9 Å². The highest BCUT2D eigenvalue weighted by molar-refractivity contribution is 5.81. The van der Waals surface area contributed by atoms with Crippen molar-refractivity contribution < 1.29 is 19.4 Å². The van der Waals surface area contributed by atoms with Crippen LogP contribution in [0.3, 0.4) is 0 Å². The number of carboxylic acid groups (broad SMARTS) is 1. The molecule has 6 heteroatoms. The first kappa shape index (κ1) is 17.7. The van der Waals surface area contributed by atoms with Crippen LogP contribution in [0.1, 0.15) is 44.2 Å². The fraction of sp³-hybridized carbons (Fsp3) is 0.438. The monoisotopic (exact) mass is 304 g/mol. The number of carboxylic acids is 1. The van der Waals surface area contributed by atoms with Crippen LogP contribution in [0.25, 0.3) is 0 Å². The number of rotatable bonds is 5. The summed E-state index contributed by atoms with van der Waals surface area (Å²) in [6.45, 7) is 5.18. The summed E-state index contributed by atoms with van der Waals surface area (Å²) in [6.07, 6.45) is -0.357. The normalized spacial score (nSPS) is 13.8. The molecule has 1 aromatic carbocycles. The van der Waals surface area contributed by atoms with E-state index in [2.05, 4.69) is 0 Å². The molecule has 3 N–H and O–H groups in total. The van der Waals surface area contributed by atoms with Gasteiger partial charge in [-0.1, -0.05) is 12.1 Å². The average Bonchev–Trinajstić information content (AvgIpc) is 2.36. The zero-order valence-corrected chi connectivity index (χ0v) is 12.9. The summed E-state index contributed by atoms with van der Waals surface area (Å²) >= 11 is 0. The molecule has 0 saturated heterocycles. The third kappa shape index (κ3) is 5.19. The van der Waals surface area contributed by atoms with Crippen LogP contribution in [-0.2, 0) is 14.3 Å². The van der Waals surface area contributed by atoms with Gasteiger partial charge in [0.25, 0.3) is 0 Å². The minimum atomic E-state index is -1.09. The van der Waals surface area contributed by atoms with Gasteiger partial charge in [-0.2, -0.15) is 5.26 Å². The van der Waals surface area contributed by atoms with Crippen molar-refractivity contribution >= 4 is 11.9 Å². The van der Waals surface area contributed by atoms with Gasteiger partial charge in [-0.15, -0.1) is 0 Å². The van der Waals surface area contributed by atoms with Crippen molar-refractivity contribution in [2.24, 2.45) is 5.73 Å². The number of hydrogen-bond acceptors (Lipinski definition) is 5. The van der Waals surface area contributed by atoms with Crippen LogP contribution >= 0.6 is 0 Å². The molecule has 0 heterocycles. The van der Waals surface area contributed by atoms with E-state index in [0.717, 1.165) is 0 Å². The molecule has 0 radical (unpaired) electrons. The quantitative estimate of drug-likeness (QED) is 0.802. The number of aliphatic carboxylic acids is 1. The molecule has 0 bridgehead atoms. The van der Waals surface area contributed by atoms with E-state index in [0.29, 0.717) is 11.1 Å². The number of benzene rings is 1. The van der Waals surface area contributed by atoms with E-state index >= 15 is 0 Å². The number of ether oxygens (including phenoxy) is 1. The van der Waals surface area contributed by atoms with Crippen LogP contribution in [0.4, 0.5) is 0 Å². The van der Waals surface area contributed by atoms with Gasteiger partial charge in [0.15, 0.2) is 0 Å². The molecule has 118 valence electrons. The SMILES string of the molecule is CC(C)(C)OC(=O)C(c1ccc(C#N)cc1)[C@@H](N)CC(=O)O. The molecule has 0 aliphatic rings. The predicted molar refractivity (Wildman–Crippen MR) is 80.0 cm³/mol. The minimum absolute atomic E-state index is 0.357. The molecular weight excluding hydrogens is 284 g/mol. The lowest BCUT2D eigenvalue weighted by atomic mass is 9.89. The molecule has 6 nitrogen and oxygen atoms in total. The number of nitrogens with two attached hydrogens (primary N) is 1. The second kappa shape index (κ2) is 7.05. The Balaban J connectivity index is 3.12. The third-order valence-corrected chi connectivity index (χ3v) is 2.90. The Labute approximate surface area is 129 Å². The Bertz CT molecular complexity index is 582. The van der Waals surface area contributed by atoms with Crippen LogP contribution in [0.2, 0.25) is 0 Å². The highest BCUT2D eigenvalue weighted by Crippen LogP contribution is 2.25. The standard InChI is InChI=1S/C16H20N2O4/c1-16(2,3)22-15(21)14(12(18)8-13(19)20)11-6-4-10(9-17)5-7-11/h4-7,12,14H,8,18H2,1-3H3,(H,19,20)/t12-,14?/m0/s1. The summed E-state index contributed by atoms with van der Waals surface area (Å²) in [5.41, 5.74) is 6.16. The average molecular weight is 304 g/mol. The van der Waals surface area contributed by atoms with Gasteiger partial charge in [-0.05, 0) is 38.5 Å². The molecule has 0 aromatic heterocycles. The maximum atomic E-state index is 12.4. The first-order chi connectivity index (χ1) is 10.1. The summed E-state index contributed by atoms with van der Waals surface area (Å²) in [5.74, 6) is -2.57. The van der Waals surface area contributed by atoms with Gasteiger partial charge in [-0.3, -0.25) is 9.59 Å². The molecule has 1 unspecified atom stereocenters. The molecule has 1 rings (SSSR count). The van der Waals surface area contributed by atoms with Crippen molar-refractivity contribution in [1.29, 1.82) is 5.26 Å². The molecule has 0 spiro atoms. The van der Waals surface area contributed by atoms with Crippen LogP contribution in [-0.4, -0.2) is 28.7 Å². The molecule has 2 atom stereocenters. The molecule has 0 aliphatic heterocycles. The summed E-state index contributed by atoms with van der Waals surface area (Å²) in [6, 6.07) is 7.36. The Hall–Kier alpha value is -2.39. The largest absolute Gasteiger partial charge is 0.481 e. The van der Waals surface area contributed by atoms with Crippen LogP contribution < -0.4 is 5.73 Å². The molecule has 22 heavy (non-hydrogen) atoms. The highest BCUT2D eigenvalue weighted by Gasteiger charge is 2.32. The van der Waals surface area contributed by atoms with Crippen LogP contribution in [0.15, 0.2) is 24.3 Å². The Morgan fingerprint density at radius 3 is 2.27 bits per heavy atom. The summed E-state index contributed by atoms with van der Waals surface area (Å²) in [7, 11) is 0. The molecule has 0 amide bonds. The fourth-order valence-corrected chi connectivity index (χ4v) is 2.01. The van der Waals surface area contributed by atoms with E-state index in [1.54, 1.807) is 45.0 Å². The van der Waals surface area contributed by atoms with Crippen molar-refractivity contribution in [3.63, 3.8) is 0 Å². The topological polar surface area (TPSA) is 113 Å². The van der Waals surface area contributed by atoms with Gasteiger partial charge in [0.2, 0.25) is 0 Å². The van der Waals surface area contributed by atoms with Gasteiger partial charge in [0.05, 0.1) is 24.0 Å². The summed E-state index contributed by atoms with van der Waals surface area (Å²) in [4.78, 5) is 23.3. The van der Waals surface area contributed by atoms with Crippen molar-refractivity contribution in [2.45, 2.75) is 44.8 Å².